The topological polar surface area (TPSA) is 49.4 Å². The third-order valence-corrected chi connectivity index (χ3v) is 4.43. The Balaban J connectivity index is 1.84. The van der Waals surface area contributed by atoms with Crippen LogP contribution in [0.3, 0.4) is 0 Å². The zero-order chi connectivity index (χ0) is 16.8. The number of likely N-dealkylation sites (tertiary alicyclic amines) is 1. The van der Waals surface area contributed by atoms with Crippen LogP contribution in [0.5, 0.6) is 0 Å². The molecule has 2 amide bonds. The number of halogens is 3. The molecule has 1 saturated carbocycles. The standard InChI is InChI=1S/C16H17F3N2O2/c1-21-13(22)8-12(15(23)20-11-6-7-11)14(21)9-2-4-10(5-3-9)16(17,18)19/h2-5,11-12,14H,6-8H2,1H3,(H,20,23)/t12-,14+/m1/s1. The van der Waals surface area contributed by atoms with Crippen molar-refractivity contribution in [1.82, 2.24) is 10.2 Å². The molecule has 0 unspecified atom stereocenters. The predicted octanol–water partition coefficient (Wildman–Crippen LogP) is 2.50. The van der Waals surface area contributed by atoms with Crippen molar-refractivity contribution in [2.45, 2.75) is 37.5 Å². The Kier molecular flexibility index (Phi) is 3.82. The van der Waals surface area contributed by atoms with E-state index in [1.807, 2.05) is 0 Å². The lowest BCUT2D eigenvalue weighted by atomic mass is 9.92. The van der Waals surface area contributed by atoms with Crippen LogP contribution in [0.1, 0.15) is 36.4 Å². The summed E-state index contributed by atoms with van der Waals surface area (Å²) in [5.41, 5.74) is -0.200. The highest BCUT2D eigenvalue weighted by Crippen LogP contribution is 2.39. The van der Waals surface area contributed by atoms with Crippen LogP contribution in [0.15, 0.2) is 24.3 Å². The molecule has 1 heterocycles. The van der Waals surface area contributed by atoms with Crippen molar-refractivity contribution in [3.63, 3.8) is 0 Å². The number of nitrogens with zero attached hydrogens (tertiary/aromatic N) is 1. The van der Waals surface area contributed by atoms with E-state index in [-0.39, 0.29) is 24.3 Å². The van der Waals surface area contributed by atoms with E-state index >= 15 is 0 Å². The number of amides is 2. The van der Waals surface area contributed by atoms with Gasteiger partial charge < -0.3 is 10.2 Å². The molecule has 1 aliphatic heterocycles. The SMILES string of the molecule is CN1C(=O)C[C@@H](C(=O)NC2CC2)[C@@H]1c1ccc(C(F)(F)F)cc1. The summed E-state index contributed by atoms with van der Waals surface area (Å²) in [5, 5.41) is 2.87. The number of rotatable bonds is 3. The molecule has 1 aromatic rings. The molecule has 7 heteroatoms. The van der Waals surface area contributed by atoms with E-state index < -0.39 is 23.7 Å². The van der Waals surface area contributed by atoms with Crippen LogP contribution in [0.2, 0.25) is 0 Å². The Morgan fingerprint density at radius 2 is 1.83 bits per heavy atom. The molecule has 0 spiro atoms. The largest absolute Gasteiger partial charge is 0.416 e. The first kappa shape index (κ1) is 15.8. The van der Waals surface area contributed by atoms with Crippen LogP contribution in [0.25, 0.3) is 0 Å². The highest BCUT2D eigenvalue weighted by Gasteiger charge is 2.44. The second kappa shape index (κ2) is 5.54. The van der Waals surface area contributed by atoms with Crippen LogP contribution in [-0.2, 0) is 15.8 Å². The first-order valence-corrected chi connectivity index (χ1v) is 7.50. The zero-order valence-electron chi connectivity index (χ0n) is 12.6. The van der Waals surface area contributed by atoms with Crippen LogP contribution in [0, 0.1) is 5.92 Å². The molecule has 2 fully saturated rings. The second-order valence-corrected chi connectivity index (χ2v) is 6.16. The molecule has 2 aliphatic rings. The van der Waals surface area contributed by atoms with Gasteiger partial charge in [0, 0.05) is 19.5 Å². The molecule has 1 saturated heterocycles. The lowest BCUT2D eigenvalue weighted by Gasteiger charge is -2.25. The van der Waals surface area contributed by atoms with Crippen molar-refractivity contribution in [2.75, 3.05) is 7.05 Å². The fraction of sp³-hybridized carbons (Fsp3) is 0.500. The summed E-state index contributed by atoms with van der Waals surface area (Å²) in [4.78, 5) is 25.7. The molecule has 1 aliphatic carbocycles. The second-order valence-electron chi connectivity index (χ2n) is 6.16. The van der Waals surface area contributed by atoms with E-state index in [2.05, 4.69) is 5.32 Å². The number of hydrogen-bond acceptors (Lipinski definition) is 2. The molecule has 1 N–H and O–H groups in total. The van der Waals surface area contributed by atoms with Gasteiger partial charge >= 0.3 is 6.18 Å². The maximum Gasteiger partial charge on any atom is 0.416 e. The van der Waals surface area contributed by atoms with E-state index in [0.717, 1.165) is 25.0 Å². The third-order valence-electron chi connectivity index (χ3n) is 4.43. The lowest BCUT2D eigenvalue weighted by Crippen LogP contribution is -2.35. The summed E-state index contributed by atoms with van der Waals surface area (Å²) >= 11 is 0. The number of alkyl halides is 3. The number of hydrogen-bond donors (Lipinski definition) is 1. The minimum absolute atomic E-state index is 0.0841. The van der Waals surface area contributed by atoms with Crippen LogP contribution in [-0.4, -0.2) is 29.8 Å². The highest BCUT2D eigenvalue weighted by molar-refractivity contribution is 5.90. The fourth-order valence-electron chi connectivity index (χ4n) is 2.97. The minimum Gasteiger partial charge on any atom is -0.353 e. The van der Waals surface area contributed by atoms with Gasteiger partial charge in [-0.15, -0.1) is 0 Å². The minimum atomic E-state index is -4.40. The van der Waals surface area contributed by atoms with Crippen molar-refractivity contribution < 1.29 is 22.8 Å². The molecule has 1 aromatic carbocycles. The Bertz CT molecular complexity index is 623. The van der Waals surface area contributed by atoms with Crippen molar-refractivity contribution >= 4 is 11.8 Å². The van der Waals surface area contributed by atoms with Gasteiger partial charge in [0.05, 0.1) is 17.5 Å². The quantitative estimate of drug-likeness (QED) is 0.928. The molecule has 124 valence electrons. The van der Waals surface area contributed by atoms with Gasteiger partial charge in [0.25, 0.3) is 0 Å². The normalized spacial score (nSPS) is 24.9. The lowest BCUT2D eigenvalue weighted by molar-refractivity contribution is -0.137. The number of carbonyl (C=O) groups excluding carboxylic acids is 2. The fourth-order valence-corrected chi connectivity index (χ4v) is 2.97. The molecule has 3 rings (SSSR count). The van der Waals surface area contributed by atoms with Crippen LogP contribution >= 0.6 is 0 Å². The average molecular weight is 326 g/mol. The summed E-state index contributed by atoms with van der Waals surface area (Å²) in [6, 6.07) is 4.32. The number of nitrogens with one attached hydrogen (secondary N) is 1. The van der Waals surface area contributed by atoms with Gasteiger partial charge in [-0.3, -0.25) is 9.59 Å². The van der Waals surface area contributed by atoms with E-state index in [9.17, 15) is 22.8 Å². The van der Waals surface area contributed by atoms with Gasteiger partial charge in [-0.25, -0.2) is 0 Å². The van der Waals surface area contributed by atoms with Gasteiger partial charge in [0.15, 0.2) is 0 Å². The Labute approximate surface area is 131 Å². The molecular weight excluding hydrogens is 309 g/mol. The van der Waals surface area contributed by atoms with Gasteiger partial charge in [-0.2, -0.15) is 13.2 Å². The summed E-state index contributed by atoms with van der Waals surface area (Å²) in [7, 11) is 1.58. The van der Waals surface area contributed by atoms with Crippen molar-refractivity contribution in [3.05, 3.63) is 35.4 Å². The van der Waals surface area contributed by atoms with Crippen molar-refractivity contribution in [2.24, 2.45) is 5.92 Å². The van der Waals surface area contributed by atoms with Crippen LogP contribution < -0.4 is 5.32 Å². The summed E-state index contributed by atoms with van der Waals surface area (Å²) in [6.07, 6.45) is -2.44. The van der Waals surface area contributed by atoms with E-state index in [1.54, 1.807) is 7.05 Å². The van der Waals surface area contributed by atoms with Gasteiger partial charge in [0.1, 0.15) is 0 Å². The van der Waals surface area contributed by atoms with Gasteiger partial charge in [-0.05, 0) is 30.5 Å². The molecule has 0 bridgehead atoms. The first-order valence-electron chi connectivity index (χ1n) is 7.50. The molecule has 4 nitrogen and oxygen atoms in total. The third kappa shape index (κ3) is 3.18. The van der Waals surface area contributed by atoms with Crippen LogP contribution in [0.4, 0.5) is 13.2 Å². The molecule has 0 radical (unpaired) electrons. The van der Waals surface area contributed by atoms with Gasteiger partial charge in [-0.1, -0.05) is 12.1 Å². The number of benzene rings is 1. The summed E-state index contributed by atoms with van der Waals surface area (Å²) in [6.45, 7) is 0. The van der Waals surface area contributed by atoms with Gasteiger partial charge in [0.2, 0.25) is 11.8 Å². The van der Waals surface area contributed by atoms with E-state index in [4.69, 9.17) is 0 Å². The molecule has 2 atom stereocenters. The molecule has 23 heavy (non-hydrogen) atoms. The monoisotopic (exact) mass is 326 g/mol. The maximum atomic E-state index is 12.7. The number of carbonyl (C=O) groups is 2. The summed E-state index contributed by atoms with van der Waals surface area (Å²) in [5.74, 6) is -0.939. The first-order chi connectivity index (χ1) is 10.8. The zero-order valence-corrected chi connectivity index (χ0v) is 12.6. The Morgan fingerprint density at radius 3 is 2.35 bits per heavy atom. The maximum absolute atomic E-state index is 12.7. The smallest absolute Gasteiger partial charge is 0.353 e. The molecule has 0 aromatic heterocycles. The van der Waals surface area contributed by atoms with Crippen molar-refractivity contribution in [1.29, 1.82) is 0 Å². The van der Waals surface area contributed by atoms with Crippen molar-refractivity contribution in [3.8, 4) is 0 Å². The average Bonchev–Trinajstić information content (AvgIpc) is 3.24. The van der Waals surface area contributed by atoms with E-state index in [0.29, 0.717) is 5.56 Å². The predicted molar refractivity (Wildman–Crippen MR) is 76.2 cm³/mol. The molecular formula is C16H17F3N2O2. The Hall–Kier alpha value is -2.05. The van der Waals surface area contributed by atoms with E-state index in [1.165, 1.54) is 17.0 Å². The highest BCUT2D eigenvalue weighted by atomic mass is 19.4. The summed E-state index contributed by atoms with van der Waals surface area (Å²) < 4.78 is 38.0. The Morgan fingerprint density at radius 1 is 1.22 bits per heavy atom.